The number of carbonyl (C=O) groups is 2. The predicted octanol–water partition coefficient (Wildman–Crippen LogP) is 3.38. The monoisotopic (exact) mass is 357 g/mol. The highest BCUT2D eigenvalue weighted by Crippen LogP contribution is 2.25. The summed E-state index contributed by atoms with van der Waals surface area (Å²) in [6.07, 6.45) is 7.14. The van der Waals surface area contributed by atoms with Crippen LogP contribution in [0.25, 0.3) is 6.08 Å². The SMILES string of the molecule is O=C(O)CN(C(=O)/C=C/c1ccc(Br)s1)C1CCCC1. The summed E-state index contributed by atoms with van der Waals surface area (Å²) in [5.74, 6) is -1.18. The minimum Gasteiger partial charge on any atom is -0.480 e. The highest BCUT2D eigenvalue weighted by Gasteiger charge is 2.26. The Kier molecular flexibility index (Phi) is 5.37. The highest BCUT2D eigenvalue weighted by molar-refractivity contribution is 9.11. The molecule has 1 aliphatic carbocycles. The summed E-state index contributed by atoms with van der Waals surface area (Å²) in [6.45, 7) is -0.220. The van der Waals surface area contributed by atoms with Gasteiger partial charge in [0.05, 0.1) is 3.79 Å². The molecule has 1 N–H and O–H groups in total. The van der Waals surface area contributed by atoms with Crippen LogP contribution in [0.5, 0.6) is 0 Å². The summed E-state index contributed by atoms with van der Waals surface area (Å²) in [7, 11) is 0. The van der Waals surface area contributed by atoms with E-state index in [1.54, 1.807) is 6.08 Å². The molecule has 1 aromatic rings. The zero-order valence-corrected chi connectivity index (χ0v) is 13.3. The van der Waals surface area contributed by atoms with Crippen molar-refractivity contribution in [2.24, 2.45) is 0 Å². The lowest BCUT2D eigenvalue weighted by atomic mass is 10.2. The maximum Gasteiger partial charge on any atom is 0.323 e. The number of rotatable bonds is 5. The first-order valence-corrected chi connectivity index (χ1v) is 8.13. The average molecular weight is 358 g/mol. The van der Waals surface area contributed by atoms with Crippen LogP contribution in [0.15, 0.2) is 22.0 Å². The summed E-state index contributed by atoms with van der Waals surface area (Å²) in [5, 5.41) is 8.96. The third kappa shape index (κ3) is 4.18. The second-order valence-electron chi connectivity index (χ2n) is 4.77. The van der Waals surface area contributed by atoms with E-state index in [9.17, 15) is 9.59 Å². The Hall–Kier alpha value is -1.14. The number of carbonyl (C=O) groups excluding carboxylic acids is 1. The van der Waals surface area contributed by atoms with Crippen molar-refractivity contribution >= 4 is 45.2 Å². The van der Waals surface area contributed by atoms with Gasteiger partial charge in [-0.25, -0.2) is 0 Å². The molecule has 108 valence electrons. The van der Waals surface area contributed by atoms with E-state index >= 15 is 0 Å². The number of carboxylic acid groups (broad SMARTS) is 1. The van der Waals surface area contributed by atoms with Crippen molar-refractivity contribution in [1.82, 2.24) is 4.90 Å². The maximum absolute atomic E-state index is 12.2. The van der Waals surface area contributed by atoms with Crippen molar-refractivity contribution in [3.05, 3.63) is 26.9 Å². The smallest absolute Gasteiger partial charge is 0.323 e. The minimum absolute atomic E-state index is 0.0679. The van der Waals surface area contributed by atoms with E-state index in [-0.39, 0.29) is 18.5 Å². The molecule has 2 rings (SSSR count). The maximum atomic E-state index is 12.2. The first-order valence-electron chi connectivity index (χ1n) is 6.52. The van der Waals surface area contributed by atoms with Crippen LogP contribution < -0.4 is 0 Å². The number of hydrogen-bond acceptors (Lipinski definition) is 3. The fourth-order valence-corrected chi connectivity index (χ4v) is 3.74. The number of nitrogens with zero attached hydrogens (tertiary/aromatic N) is 1. The van der Waals surface area contributed by atoms with Gasteiger partial charge in [-0.15, -0.1) is 11.3 Å². The Balaban J connectivity index is 2.05. The van der Waals surface area contributed by atoms with Gasteiger partial charge in [-0.05, 0) is 47.0 Å². The van der Waals surface area contributed by atoms with E-state index < -0.39 is 5.97 Å². The van der Waals surface area contributed by atoms with E-state index in [0.29, 0.717) is 0 Å². The van der Waals surface area contributed by atoms with Gasteiger partial charge in [-0.1, -0.05) is 12.8 Å². The third-order valence-electron chi connectivity index (χ3n) is 3.34. The first kappa shape index (κ1) is 15.3. The Morgan fingerprint density at radius 2 is 2.10 bits per heavy atom. The van der Waals surface area contributed by atoms with Crippen molar-refractivity contribution in [2.75, 3.05) is 6.54 Å². The molecule has 0 saturated heterocycles. The second kappa shape index (κ2) is 7.04. The van der Waals surface area contributed by atoms with Crippen LogP contribution in [0.3, 0.4) is 0 Å². The van der Waals surface area contributed by atoms with Crippen LogP contribution in [-0.2, 0) is 9.59 Å². The molecular weight excluding hydrogens is 342 g/mol. The van der Waals surface area contributed by atoms with Gasteiger partial charge in [-0.2, -0.15) is 0 Å². The predicted molar refractivity (Wildman–Crippen MR) is 82.7 cm³/mol. The molecule has 0 aromatic carbocycles. The molecule has 1 aromatic heterocycles. The molecule has 0 aliphatic heterocycles. The van der Waals surface area contributed by atoms with Crippen LogP contribution >= 0.6 is 27.3 Å². The molecule has 4 nitrogen and oxygen atoms in total. The summed E-state index contributed by atoms with van der Waals surface area (Å²) < 4.78 is 1.00. The quantitative estimate of drug-likeness (QED) is 0.821. The van der Waals surface area contributed by atoms with Crippen LogP contribution in [0, 0.1) is 0 Å². The highest BCUT2D eigenvalue weighted by atomic mass is 79.9. The number of halogens is 1. The average Bonchev–Trinajstić information content (AvgIpc) is 3.04. The lowest BCUT2D eigenvalue weighted by Crippen LogP contribution is -2.41. The lowest BCUT2D eigenvalue weighted by Gasteiger charge is -2.26. The number of carboxylic acids is 1. The summed E-state index contributed by atoms with van der Waals surface area (Å²) in [5.41, 5.74) is 0. The van der Waals surface area contributed by atoms with Gasteiger partial charge in [-0.3, -0.25) is 9.59 Å². The number of aliphatic carboxylic acids is 1. The largest absolute Gasteiger partial charge is 0.480 e. The van der Waals surface area contributed by atoms with E-state index in [4.69, 9.17) is 5.11 Å². The van der Waals surface area contributed by atoms with Crippen molar-refractivity contribution in [3.8, 4) is 0 Å². The molecule has 0 unspecified atom stereocenters. The van der Waals surface area contributed by atoms with Crippen LogP contribution in [0.2, 0.25) is 0 Å². The normalized spacial score (nSPS) is 15.8. The van der Waals surface area contributed by atoms with Gasteiger partial charge >= 0.3 is 5.97 Å². The lowest BCUT2D eigenvalue weighted by molar-refractivity contribution is -0.144. The van der Waals surface area contributed by atoms with Crippen molar-refractivity contribution in [3.63, 3.8) is 0 Å². The Labute approximate surface area is 130 Å². The fraction of sp³-hybridized carbons (Fsp3) is 0.429. The molecular formula is C14H16BrNO3S. The van der Waals surface area contributed by atoms with E-state index in [1.165, 1.54) is 22.3 Å². The summed E-state index contributed by atoms with van der Waals surface area (Å²) in [6, 6.07) is 3.90. The molecule has 1 fully saturated rings. The van der Waals surface area contributed by atoms with Gasteiger partial charge in [0.1, 0.15) is 6.54 Å². The first-order chi connectivity index (χ1) is 9.56. The Morgan fingerprint density at radius 3 is 2.65 bits per heavy atom. The topological polar surface area (TPSA) is 57.6 Å². The molecule has 0 radical (unpaired) electrons. The summed E-state index contributed by atoms with van der Waals surface area (Å²) >= 11 is 4.90. The molecule has 1 saturated carbocycles. The number of thiophene rings is 1. The zero-order valence-electron chi connectivity index (χ0n) is 10.9. The molecule has 1 amide bonds. The molecule has 6 heteroatoms. The number of amides is 1. The molecule has 20 heavy (non-hydrogen) atoms. The van der Waals surface area contributed by atoms with Crippen molar-refractivity contribution in [2.45, 2.75) is 31.7 Å². The van der Waals surface area contributed by atoms with E-state index in [0.717, 1.165) is 34.3 Å². The van der Waals surface area contributed by atoms with Crippen molar-refractivity contribution < 1.29 is 14.7 Å². The van der Waals surface area contributed by atoms with Crippen LogP contribution in [-0.4, -0.2) is 34.5 Å². The number of hydrogen-bond donors (Lipinski definition) is 1. The standard InChI is InChI=1S/C14H16BrNO3S/c15-12-7-5-11(20-12)6-8-13(17)16(9-14(18)19)10-3-1-2-4-10/h5-8,10H,1-4,9H2,(H,18,19)/b8-6+. The van der Waals surface area contributed by atoms with E-state index in [1.807, 2.05) is 12.1 Å². The molecule has 1 aliphatic rings. The van der Waals surface area contributed by atoms with Gasteiger partial charge in [0.2, 0.25) is 5.91 Å². The van der Waals surface area contributed by atoms with Crippen LogP contribution in [0.4, 0.5) is 0 Å². The Bertz CT molecular complexity index is 520. The van der Waals surface area contributed by atoms with Crippen LogP contribution in [0.1, 0.15) is 30.6 Å². The Morgan fingerprint density at radius 1 is 1.40 bits per heavy atom. The molecule has 0 atom stereocenters. The third-order valence-corrected chi connectivity index (χ3v) is 4.93. The van der Waals surface area contributed by atoms with Gasteiger partial charge < -0.3 is 10.0 Å². The summed E-state index contributed by atoms with van der Waals surface area (Å²) in [4.78, 5) is 25.6. The van der Waals surface area contributed by atoms with Gasteiger partial charge in [0, 0.05) is 17.0 Å². The molecule has 0 spiro atoms. The van der Waals surface area contributed by atoms with E-state index in [2.05, 4.69) is 15.9 Å². The zero-order chi connectivity index (χ0) is 14.5. The van der Waals surface area contributed by atoms with Crippen molar-refractivity contribution in [1.29, 1.82) is 0 Å². The molecule has 0 bridgehead atoms. The molecule has 1 heterocycles. The van der Waals surface area contributed by atoms with Gasteiger partial charge in [0.25, 0.3) is 0 Å². The van der Waals surface area contributed by atoms with Gasteiger partial charge in [0.15, 0.2) is 0 Å². The minimum atomic E-state index is -0.961. The fourth-order valence-electron chi connectivity index (χ4n) is 2.42. The second-order valence-corrected chi connectivity index (χ2v) is 7.27.